The van der Waals surface area contributed by atoms with Crippen molar-refractivity contribution in [3.05, 3.63) is 322 Å². The van der Waals surface area contributed by atoms with Crippen LogP contribution in [0, 0.1) is 20.8 Å². The highest BCUT2D eigenvalue weighted by atomic mass is 35.5. The smallest absolute Gasteiger partial charge is 0.250 e. The molecule has 6 amide bonds. The molecule has 49 heteroatoms. The van der Waals surface area contributed by atoms with Crippen LogP contribution in [0.2, 0.25) is 30.9 Å². The van der Waals surface area contributed by atoms with E-state index in [0.717, 1.165) is 61.1 Å². The second-order valence-corrected chi connectivity index (χ2v) is 33.9. The van der Waals surface area contributed by atoms with E-state index in [-0.39, 0.29) is 98.7 Å². The summed E-state index contributed by atoms with van der Waals surface area (Å²) in [5.74, 6) is -0.0822. The number of thiazole rings is 1. The van der Waals surface area contributed by atoms with Gasteiger partial charge in [0.2, 0.25) is 29.5 Å². The first-order valence-corrected chi connectivity index (χ1v) is 47.6. The predicted molar refractivity (Wildman–Crippen MR) is 541 cm³/mol. The van der Waals surface area contributed by atoms with Gasteiger partial charge in [-0.2, -0.15) is 45.6 Å². The lowest BCUT2D eigenvalue weighted by Gasteiger charge is -2.19. The normalized spacial score (nSPS) is 10.7. The Morgan fingerprint density at radius 3 is 1.05 bits per heavy atom. The van der Waals surface area contributed by atoms with Gasteiger partial charge in [0, 0.05) is 131 Å². The Labute approximate surface area is 853 Å². The third-order valence-electron chi connectivity index (χ3n) is 20.9. The van der Waals surface area contributed by atoms with Gasteiger partial charge in [-0.1, -0.05) is 86.0 Å². The zero-order valence-electron chi connectivity index (χ0n) is 78.6. The summed E-state index contributed by atoms with van der Waals surface area (Å²) in [6, 6.07) is 29.3. The highest BCUT2D eigenvalue weighted by Crippen LogP contribution is 2.34. The molecular weight excluding hydrogens is 1980 g/mol. The Kier molecular flexibility index (Phi) is 37.6. The fraction of sp³-hybridized carbons (Fsp3) is 0.234. The molecule has 18 heterocycles. The molecule has 0 bridgehead atoms. The molecule has 0 aliphatic carbocycles. The van der Waals surface area contributed by atoms with E-state index in [9.17, 15) is 28.8 Å². The van der Waals surface area contributed by atoms with Crippen LogP contribution in [-0.4, -0.2) is 218 Å². The van der Waals surface area contributed by atoms with Crippen molar-refractivity contribution < 1.29 is 33.3 Å². The molecule has 18 rings (SSSR count). The number of aryl methyl sites for hydroxylation is 4. The Morgan fingerprint density at radius 2 is 0.741 bits per heavy atom. The average molecular weight is 2070 g/mol. The van der Waals surface area contributed by atoms with Crippen molar-refractivity contribution in [2.24, 2.45) is 0 Å². The molecule has 18 aromatic heterocycles. The summed E-state index contributed by atoms with van der Waals surface area (Å²) in [5, 5.41) is 47.3. The standard InChI is InChI=1S/C17H18ClN5OS.C17H16ClN5O.C16H17ClN6O.C16H16ClN5O2.2C14H14ClN7O/c1-4-22(16(24)8-14-11(2)25-12(3)20-14)15-10-23(21-17(15)18)13-6-5-7-19-9-13;1-2-22(16(24)10-13-6-3-4-9-20-13)15-12-23(21-17(15)18)14-7-5-8-19-11-14;1-2-22(15(24)5-8-21-9-7-19-12-21)14-11-23(20-16(14)17)13-4-3-6-18-10-13;1-3-21(15(23)8-13-7-11(2)20-24-13)14-10-22(19-16(14)17)12-5-4-6-18-9-12;1-2-21(13(23)10-20-7-6-17-19-20)12-9-22(18-14(12)15)11-4-3-5-16-8-11;1-2-20(13(23)10-22-17-6-7-18-22)12-9-21(19-14(12)15)11-4-3-5-16-8-11/h5-7,9-10H,4,8H2,1-3H3;3-9,11-12H,2,10H2,1H3;3-4,6-7,9-12H,2,5,8H2,1H3;4-7,9-10H,3,8H2,1-2H3;2*3-9H,2,10H2,1H3. The van der Waals surface area contributed by atoms with Gasteiger partial charge in [0.15, 0.2) is 30.9 Å². The van der Waals surface area contributed by atoms with Crippen molar-refractivity contribution in [2.45, 2.75) is 108 Å². The summed E-state index contributed by atoms with van der Waals surface area (Å²) in [6.07, 6.45) is 44.5. The first-order chi connectivity index (χ1) is 69.3. The highest BCUT2D eigenvalue weighted by Gasteiger charge is 2.29. The van der Waals surface area contributed by atoms with Gasteiger partial charge in [-0.05, 0) is 147 Å². The number of amides is 6. The van der Waals surface area contributed by atoms with Crippen molar-refractivity contribution in [1.29, 1.82) is 0 Å². The molecule has 0 atom stereocenters. The highest BCUT2D eigenvalue weighted by molar-refractivity contribution is 7.11. The summed E-state index contributed by atoms with van der Waals surface area (Å²) in [4.78, 5) is 124. The van der Waals surface area contributed by atoms with E-state index in [1.807, 2.05) is 146 Å². The first-order valence-electron chi connectivity index (χ1n) is 44.5. The lowest BCUT2D eigenvalue weighted by atomic mass is 10.2. The molecule has 0 spiro atoms. The maximum atomic E-state index is 12.8. The number of likely N-dealkylation sites (N-methyl/N-ethyl adjacent to an activating group) is 5. The molecule has 18 aromatic rings. The van der Waals surface area contributed by atoms with Crippen LogP contribution in [0.5, 0.6) is 0 Å². The monoisotopic (exact) mass is 2070 g/mol. The molecule has 0 fully saturated rings. The third kappa shape index (κ3) is 28.1. The number of imidazole rings is 1. The SMILES string of the molecule is CCN(C(=O)CCn1ccnc1)c1cn(-c2cccnc2)nc1Cl.CCN(C(=O)Cc1cc(C)no1)c1cn(-c2cccnc2)nc1Cl.CCN(C(=O)Cc1ccccn1)c1cn(-c2cccnc2)nc1Cl.CCN(C(=O)Cc1nc(C)sc1C)c1cn(-c2cccnc2)nc1Cl.CCN(C(=O)Cn1ccnn1)c1cn(-c2cccnc2)nc1Cl.CCN(C(=O)Cn1nccn1)c1cn(-c2cccnc2)nc1Cl. The fourth-order valence-corrected chi connectivity index (χ4v) is 16.3. The second-order valence-electron chi connectivity index (χ2n) is 30.3. The van der Waals surface area contributed by atoms with Crippen molar-refractivity contribution >= 4 is 151 Å². The summed E-state index contributed by atoms with van der Waals surface area (Å²) in [7, 11) is 0. The number of pyridine rings is 7. The van der Waals surface area contributed by atoms with Crippen LogP contribution in [0.25, 0.3) is 34.1 Å². The summed E-state index contributed by atoms with van der Waals surface area (Å²) in [5.41, 5.74) is 10.3. The number of rotatable bonds is 31. The van der Waals surface area contributed by atoms with Crippen molar-refractivity contribution in [1.82, 2.24) is 143 Å². The van der Waals surface area contributed by atoms with Gasteiger partial charge < -0.3 is 38.5 Å². The van der Waals surface area contributed by atoms with Crippen molar-refractivity contribution in [3.8, 4) is 34.1 Å². The Hall–Kier alpha value is -15.8. The van der Waals surface area contributed by atoms with Crippen LogP contribution in [-0.2, 0) is 67.7 Å². The van der Waals surface area contributed by atoms with Crippen LogP contribution in [0.15, 0.2) is 263 Å². The third-order valence-corrected chi connectivity index (χ3v) is 23.4. The fourth-order valence-electron chi connectivity index (χ4n) is 14.1. The number of carbonyl (C=O) groups is 6. The lowest BCUT2D eigenvalue weighted by molar-refractivity contribution is -0.120. The Balaban J connectivity index is 0.000000144. The quantitative estimate of drug-likeness (QED) is 0.0389. The van der Waals surface area contributed by atoms with Crippen molar-refractivity contribution in [3.63, 3.8) is 0 Å². The molecule has 736 valence electrons. The minimum atomic E-state index is -0.170. The maximum Gasteiger partial charge on any atom is 0.250 e. The maximum absolute atomic E-state index is 12.8. The molecule has 143 heavy (non-hydrogen) atoms. The van der Waals surface area contributed by atoms with Crippen LogP contribution in [0.3, 0.4) is 0 Å². The number of anilines is 6. The van der Waals surface area contributed by atoms with E-state index in [4.69, 9.17) is 74.1 Å². The molecule has 0 unspecified atom stereocenters. The van der Waals surface area contributed by atoms with E-state index >= 15 is 0 Å². The number of hydrogen-bond donors (Lipinski definition) is 0. The molecule has 0 aromatic carbocycles. The lowest BCUT2D eigenvalue weighted by Crippen LogP contribution is -2.34. The van der Waals surface area contributed by atoms with Crippen LogP contribution in [0.1, 0.15) is 80.7 Å². The van der Waals surface area contributed by atoms with E-state index < -0.39 is 0 Å². The largest absolute Gasteiger partial charge is 0.361 e. The summed E-state index contributed by atoms with van der Waals surface area (Å²) in [6.45, 7) is 20.7. The zero-order chi connectivity index (χ0) is 101. The zero-order valence-corrected chi connectivity index (χ0v) is 84.0. The number of hydrogen-bond acceptors (Lipinski definition) is 28. The van der Waals surface area contributed by atoms with Crippen molar-refractivity contribution in [2.75, 3.05) is 68.7 Å². The average Bonchev–Trinajstić information content (AvgIpc) is 1.74. The van der Waals surface area contributed by atoms with E-state index in [2.05, 4.69) is 101 Å². The molecule has 0 aliphatic rings. The second kappa shape index (κ2) is 51.4. The number of nitrogens with zero attached hydrogens (tertiary/aromatic N) is 35. The van der Waals surface area contributed by atoms with Gasteiger partial charge in [0.05, 0.1) is 169 Å². The Morgan fingerprint density at radius 1 is 0.378 bits per heavy atom. The van der Waals surface area contributed by atoms with E-state index in [0.29, 0.717) is 92.1 Å². The Bertz CT molecular complexity index is 6960. The van der Waals surface area contributed by atoms with Crippen LogP contribution in [0.4, 0.5) is 34.1 Å². The number of halogens is 6. The van der Waals surface area contributed by atoms with E-state index in [1.54, 1.807) is 230 Å². The van der Waals surface area contributed by atoms with E-state index in [1.165, 1.54) is 28.1 Å². The van der Waals surface area contributed by atoms with Gasteiger partial charge in [0.1, 0.15) is 53.0 Å². The number of aromatic nitrogens is 29. The summed E-state index contributed by atoms with van der Waals surface area (Å²) >= 11 is 39.1. The topological polar surface area (TPSA) is 437 Å². The molecule has 42 nitrogen and oxygen atoms in total. The van der Waals surface area contributed by atoms with Gasteiger partial charge in [0.25, 0.3) is 5.91 Å². The number of carbonyl (C=O) groups excluding carboxylic acids is 6. The predicted octanol–water partition coefficient (Wildman–Crippen LogP) is 15.0. The van der Waals surface area contributed by atoms with Gasteiger partial charge in [-0.25, -0.2) is 42.7 Å². The van der Waals surface area contributed by atoms with Gasteiger partial charge in [-0.3, -0.25) is 63.7 Å². The van der Waals surface area contributed by atoms with Crippen LogP contribution >= 0.6 is 80.9 Å². The molecule has 0 saturated heterocycles. The molecule has 0 aliphatic heterocycles. The molecule has 0 N–H and O–H groups in total. The first kappa shape index (κ1) is 105. The van der Waals surface area contributed by atoms with Gasteiger partial charge in [-0.15, -0.1) is 16.4 Å². The molecule has 0 radical (unpaired) electrons. The van der Waals surface area contributed by atoms with Gasteiger partial charge >= 0.3 is 0 Å². The molecular formula is C94H95Cl6N35O7S. The minimum absolute atomic E-state index is 0.0150. The molecule has 0 saturated carbocycles. The summed E-state index contributed by atoms with van der Waals surface area (Å²) < 4.78 is 18.1. The van der Waals surface area contributed by atoms with Crippen LogP contribution < -0.4 is 29.4 Å². The minimum Gasteiger partial charge on any atom is -0.361 e.